The minimum absolute atomic E-state index is 0.329. The zero-order valence-corrected chi connectivity index (χ0v) is 10.5. The van der Waals surface area contributed by atoms with Gasteiger partial charge in [-0.2, -0.15) is 0 Å². The molecule has 0 spiro atoms. The first-order valence-electron chi connectivity index (χ1n) is 4.96. The molecule has 2 rings (SSSR count). The van der Waals surface area contributed by atoms with Crippen LogP contribution in [0.3, 0.4) is 0 Å². The fraction of sp³-hybridized carbons (Fsp3) is 0.273. The van der Waals surface area contributed by atoms with Gasteiger partial charge >= 0.3 is 0 Å². The van der Waals surface area contributed by atoms with Crippen LogP contribution in [0.4, 0.5) is 0 Å². The Bertz CT molecular complexity index is 485. The lowest BCUT2D eigenvalue weighted by atomic mass is 10.2. The molecule has 0 saturated heterocycles. The molecular weight excluding hydrogens is 245 g/mol. The Morgan fingerprint density at radius 2 is 1.81 bits per heavy atom. The Balaban J connectivity index is 2.50. The first kappa shape index (κ1) is 11.4. The van der Waals surface area contributed by atoms with Gasteiger partial charge in [-0.3, -0.25) is 0 Å². The Kier molecular flexibility index (Phi) is 3.17. The van der Waals surface area contributed by atoms with Crippen LogP contribution in [0.15, 0.2) is 24.4 Å². The van der Waals surface area contributed by atoms with Gasteiger partial charge < -0.3 is 0 Å². The van der Waals surface area contributed by atoms with Crippen molar-refractivity contribution < 1.29 is 0 Å². The second-order valence-electron chi connectivity index (χ2n) is 3.81. The van der Waals surface area contributed by atoms with E-state index in [1.807, 2.05) is 6.20 Å². The second kappa shape index (κ2) is 4.44. The molecule has 0 bridgehead atoms. The zero-order valence-electron chi connectivity index (χ0n) is 8.98. The molecule has 2 aromatic rings. The molecule has 1 aromatic heterocycles. The predicted octanol–water partition coefficient (Wildman–Crippen LogP) is 3.70. The maximum Gasteiger partial charge on any atom is 0.104 e. The van der Waals surface area contributed by atoms with E-state index in [1.54, 1.807) is 22.9 Å². The largest absolute Gasteiger partial charge is 0.217 e. The van der Waals surface area contributed by atoms with E-state index in [-0.39, 0.29) is 0 Å². The van der Waals surface area contributed by atoms with Crippen molar-refractivity contribution in [3.05, 3.63) is 40.1 Å². The van der Waals surface area contributed by atoms with Crippen LogP contribution in [0, 0.1) is 0 Å². The quantitative estimate of drug-likeness (QED) is 0.820. The van der Waals surface area contributed by atoms with Crippen molar-refractivity contribution >= 4 is 23.2 Å². The van der Waals surface area contributed by atoms with Gasteiger partial charge in [0, 0.05) is 0 Å². The van der Waals surface area contributed by atoms with E-state index < -0.39 is 0 Å². The number of halogens is 2. The maximum atomic E-state index is 6.08. The highest BCUT2D eigenvalue weighted by Gasteiger charge is 2.11. The molecule has 0 unspecified atom stereocenters. The number of rotatable bonds is 2. The Hall–Kier alpha value is -1.06. The molecule has 0 aliphatic rings. The minimum Gasteiger partial charge on any atom is -0.217 e. The molecule has 16 heavy (non-hydrogen) atoms. The van der Waals surface area contributed by atoms with Crippen molar-refractivity contribution in [2.75, 3.05) is 0 Å². The van der Waals surface area contributed by atoms with Crippen molar-refractivity contribution in [2.24, 2.45) is 0 Å². The summed E-state index contributed by atoms with van der Waals surface area (Å²) in [6.45, 7) is 4.12. The molecule has 0 radical (unpaired) electrons. The van der Waals surface area contributed by atoms with Crippen LogP contribution in [0.5, 0.6) is 0 Å². The summed E-state index contributed by atoms with van der Waals surface area (Å²) >= 11 is 12.2. The first-order chi connectivity index (χ1) is 7.59. The lowest BCUT2D eigenvalue weighted by Crippen LogP contribution is -1.96. The summed E-state index contributed by atoms with van der Waals surface area (Å²) in [4.78, 5) is 0. The van der Waals surface area contributed by atoms with Gasteiger partial charge in [0.2, 0.25) is 0 Å². The van der Waals surface area contributed by atoms with E-state index >= 15 is 0 Å². The van der Waals surface area contributed by atoms with E-state index in [2.05, 4.69) is 24.2 Å². The van der Waals surface area contributed by atoms with Crippen LogP contribution in [0.2, 0.25) is 10.0 Å². The predicted molar refractivity (Wildman–Crippen MR) is 65.5 cm³/mol. The highest BCUT2D eigenvalue weighted by atomic mass is 35.5. The average molecular weight is 256 g/mol. The van der Waals surface area contributed by atoms with Crippen LogP contribution in [0.1, 0.15) is 25.5 Å². The van der Waals surface area contributed by atoms with Crippen LogP contribution in [-0.2, 0) is 0 Å². The zero-order chi connectivity index (χ0) is 11.7. The van der Waals surface area contributed by atoms with Crippen LogP contribution >= 0.6 is 23.2 Å². The van der Waals surface area contributed by atoms with Gasteiger partial charge in [0.05, 0.1) is 21.9 Å². The van der Waals surface area contributed by atoms with Gasteiger partial charge in [-0.1, -0.05) is 48.3 Å². The number of hydrogen-bond acceptors (Lipinski definition) is 2. The van der Waals surface area contributed by atoms with E-state index in [0.29, 0.717) is 21.7 Å². The van der Waals surface area contributed by atoms with E-state index in [9.17, 15) is 0 Å². The molecule has 0 aliphatic heterocycles. The SMILES string of the molecule is CC(C)c1cn(-c2c(Cl)cccc2Cl)nn1. The van der Waals surface area contributed by atoms with E-state index in [1.165, 1.54) is 0 Å². The molecule has 3 nitrogen and oxygen atoms in total. The molecule has 1 aromatic carbocycles. The lowest BCUT2D eigenvalue weighted by Gasteiger charge is -2.05. The van der Waals surface area contributed by atoms with Crippen molar-refractivity contribution in [2.45, 2.75) is 19.8 Å². The fourth-order valence-electron chi connectivity index (χ4n) is 1.36. The number of para-hydroxylation sites is 1. The van der Waals surface area contributed by atoms with Crippen molar-refractivity contribution in [3.63, 3.8) is 0 Å². The average Bonchev–Trinajstić information content (AvgIpc) is 2.66. The van der Waals surface area contributed by atoms with Gasteiger partial charge in [0.25, 0.3) is 0 Å². The van der Waals surface area contributed by atoms with Crippen LogP contribution in [0.25, 0.3) is 5.69 Å². The lowest BCUT2D eigenvalue weighted by molar-refractivity contribution is 0.776. The van der Waals surface area contributed by atoms with Gasteiger partial charge in [0.15, 0.2) is 0 Å². The van der Waals surface area contributed by atoms with Gasteiger partial charge in [-0.25, -0.2) is 4.68 Å². The summed E-state index contributed by atoms with van der Waals surface area (Å²) in [6.07, 6.45) is 1.84. The third-order valence-electron chi connectivity index (χ3n) is 2.27. The molecule has 0 saturated carbocycles. The fourth-order valence-corrected chi connectivity index (χ4v) is 1.93. The summed E-state index contributed by atoms with van der Waals surface area (Å²) in [5, 5.41) is 9.22. The number of aromatic nitrogens is 3. The normalized spacial score (nSPS) is 11.1. The van der Waals surface area contributed by atoms with Gasteiger partial charge in [-0.05, 0) is 18.1 Å². The number of benzene rings is 1. The Morgan fingerprint density at radius 1 is 1.19 bits per heavy atom. The summed E-state index contributed by atoms with van der Waals surface area (Å²) < 4.78 is 1.61. The third kappa shape index (κ3) is 2.06. The maximum absolute atomic E-state index is 6.08. The molecule has 0 amide bonds. The smallest absolute Gasteiger partial charge is 0.104 e. The third-order valence-corrected chi connectivity index (χ3v) is 2.88. The van der Waals surface area contributed by atoms with Gasteiger partial charge in [0.1, 0.15) is 5.69 Å². The molecule has 0 aliphatic carbocycles. The Morgan fingerprint density at radius 3 is 2.31 bits per heavy atom. The van der Waals surface area contributed by atoms with E-state index in [0.717, 1.165) is 5.69 Å². The van der Waals surface area contributed by atoms with E-state index in [4.69, 9.17) is 23.2 Å². The highest BCUT2D eigenvalue weighted by molar-refractivity contribution is 6.37. The van der Waals surface area contributed by atoms with Crippen molar-refractivity contribution in [1.82, 2.24) is 15.0 Å². The standard InChI is InChI=1S/C11H11Cl2N3/c1-7(2)10-6-16(15-14-10)11-8(12)4-3-5-9(11)13/h3-7H,1-2H3. The number of nitrogens with zero attached hydrogens (tertiary/aromatic N) is 3. The molecule has 1 heterocycles. The monoisotopic (exact) mass is 255 g/mol. The molecule has 84 valence electrons. The van der Waals surface area contributed by atoms with Crippen molar-refractivity contribution in [3.8, 4) is 5.69 Å². The highest BCUT2D eigenvalue weighted by Crippen LogP contribution is 2.28. The molecule has 5 heteroatoms. The van der Waals surface area contributed by atoms with Crippen LogP contribution in [-0.4, -0.2) is 15.0 Å². The molecule has 0 atom stereocenters. The Labute approximate surface area is 104 Å². The van der Waals surface area contributed by atoms with Crippen LogP contribution < -0.4 is 0 Å². The number of hydrogen-bond donors (Lipinski definition) is 0. The molecular formula is C11H11Cl2N3. The molecule has 0 N–H and O–H groups in total. The summed E-state index contributed by atoms with van der Waals surface area (Å²) in [6, 6.07) is 5.35. The minimum atomic E-state index is 0.329. The topological polar surface area (TPSA) is 30.7 Å². The second-order valence-corrected chi connectivity index (χ2v) is 4.63. The summed E-state index contributed by atoms with van der Waals surface area (Å²) in [7, 11) is 0. The van der Waals surface area contributed by atoms with Gasteiger partial charge in [-0.15, -0.1) is 5.10 Å². The molecule has 0 fully saturated rings. The first-order valence-corrected chi connectivity index (χ1v) is 5.72. The summed E-state index contributed by atoms with van der Waals surface area (Å²) in [5.74, 6) is 0.329. The van der Waals surface area contributed by atoms with Crippen molar-refractivity contribution in [1.29, 1.82) is 0 Å². The summed E-state index contributed by atoms with van der Waals surface area (Å²) in [5.41, 5.74) is 1.58.